The quantitative estimate of drug-likeness (QED) is 0.199. The molecule has 0 fully saturated rings. The van der Waals surface area contributed by atoms with E-state index in [9.17, 15) is 4.79 Å². The summed E-state index contributed by atoms with van der Waals surface area (Å²) < 4.78 is 28.3. The van der Waals surface area contributed by atoms with Gasteiger partial charge in [0.2, 0.25) is 0 Å². The molecule has 12 heteroatoms. The molecule has 0 bridgehead atoms. The molecule has 1 amide bonds. The van der Waals surface area contributed by atoms with Crippen molar-refractivity contribution >= 4 is 17.8 Å². The van der Waals surface area contributed by atoms with Gasteiger partial charge in [0.1, 0.15) is 5.76 Å². The first kappa shape index (κ1) is 28.7. The monoisotopic (exact) mass is 526 g/mol. The molecule has 0 aliphatic carbocycles. The number of methoxy groups -OCH3 is 2. The van der Waals surface area contributed by atoms with Crippen LogP contribution in [-0.4, -0.2) is 87.3 Å². The summed E-state index contributed by atoms with van der Waals surface area (Å²) in [4.78, 5) is 21.6. The summed E-state index contributed by atoms with van der Waals surface area (Å²) in [6.45, 7) is 3.91. The minimum Gasteiger partial charge on any atom is -0.451 e. The minimum absolute atomic E-state index is 0.110. The highest BCUT2D eigenvalue weighted by Crippen LogP contribution is 2.22. The number of amides is 1. The van der Waals surface area contributed by atoms with Gasteiger partial charge in [-0.25, -0.2) is 0 Å². The summed E-state index contributed by atoms with van der Waals surface area (Å²) in [5.74, 6) is 0.136. The van der Waals surface area contributed by atoms with E-state index in [1.165, 1.54) is 6.21 Å². The van der Waals surface area contributed by atoms with Crippen LogP contribution in [0.15, 0.2) is 64.0 Å². The average Bonchev–Trinajstić information content (AvgIpc) is 3.62. The van der Waals surface area contributed by atoms with E-state index in [2.05, 4.69) is 20.4 Å². The number of nitrogens with zero attached hydrogens (tertiary/aromatic N) is 4. The topological polar surface area (TPSA) is 148 Å². The lowest BCUT2D eigenvalue weighted by molar-refractivity contribution is 0.0654. The van der Waals surface area contributed by atoms with E-state index in [1.54, 1.807) is 61.6 Å². The maximum atomic E-state index is 13.0. The second-order valence-corrected chi connectivity index (χ2v) is 7.90. The second kappa shape index (κ2) is 16.1. The maximum Gasteiger partial charge on any atom is 0.291 e. The highest BCUT2D eigenvalue weighted by Gasteiger charge is 2.16. The molecule has 0 atom stereocenters. The van der Waals surface area contributed by atoms with E-state index < -0.39 is 5.91 Å². The SMILES string of the molecule is COCCOCCN=CC(NC(=O)c1ccc(-c2cnn(CCOCCOC)c2)o1)=C(N)c1ccccn1. The van der Waals surface area contributed by atoms with Gasteiger partial charge in [-0.05, 0) is 24.3 Å². The summed E-state index contributed by atoms with van der Waals surface area (Å²) >= 11 is 0. The van der Waals surface area contributed by atoms with Crippen molar-refractivity contribution in [1.29, 1.82) is 0 Å². The Balaban J connectivity index is 1.65. The van der Waals surface area contributed by atoms with Gasteiger partial charge in [-0.1, -0.05) is 6.07 Å². The van der Waals surface area contributed by atoms with Gasteiger partial charge in [0.15, 0.2) is 5.76 Å². The van der Waals surface area contributed by atoms with E-state index in [-0.39, 0.29) is 11.5 Å². The number of hydrogen-bond donors (Lipinski definition) is 2. The number of furan rings is 1. The second-order valence-electron chi connectivity index (χ2n) is 7.90. The van der Waals surface area contributed by atoms with Gasteiger partial charge < -0.3 is 34.4 Å². The number of allylic oxidation sites excluding steroid dienone is 1. The molecule has 0 spiro atoms. The predicted molar refractivity (Wildman–Crippen MR) is 141 cm³/mol. The van der Waals surface area contributed by atoms with Crippen molar-refractivity contribution in [1.82, 2.24) is 20.1 Å². The van der Waals surface area contributed by atoms with Crippen molar-refractivity contribution in [2.75, 3.05) is 60.4 Å². The van der Waals surface area contributed by atoms with Crippen molar-refractivity contribution in [3.63, 3.8) is 0 Å². The molecule has 3 N–H and O–H groups in total. The molecule has 3 aromatic rings. The third-order valence-electron chi connectivity index (χ3n) is 5.14. The number of aromatic nitrogens is 3. The summed E-state index contributed by atoms with van der Waals surface area (Å²) in [6, 6.07) is 8.63. The Bertz CT molecular complexity index is 1170. The van der Waals surface area contributed by atoms with Crippen molar-refractivity contribution in [3.05, 3.63) is 66.1 Å². The summed E-state index contributed by atoms with van der Waals surface area (Å²) in [5.41, 5.74) is 8.12. The molecule has 3 aromatic heterocycles. The lowest BCUT2D eigenvalue weighted by Crippen LogP contribution is -2.26. The Hall–Kier alpha value is -3.84. The summed E-state index contributed by atoms with van der Waals surface area (Å²) in [5, 5.41) is 7.10. The molecular formula is C26H34N6O6. The fourth-order valence-electron chi connectivity index (χ4n) is 3.16. The number of pyridine rings is 1. The number of rotatable bonds is 17. The zero-order valence-electron chi connectivity index (χ0n) is 21.7. The van der Waals surface area contributed by atoms with Crippen molar-refractivity contribution in [2.45, 2.75) is 6.54 Å². The van der Waals surface area contributed by atoms with Crippen LogP contribution < -0.4 is 11.1 Å². The lowest BCUT2D eigenvalue weighted by atomic mass is 10.2. The van der Waals surface area contributed by atoms with Crippen molar-refractivity contribution in [3.8, 4) is 11.3 Å². The average molecular weight is 527 g/mol. The summed E-state index contributed by atoms with van der Waals surface area (Å²) in [6.07, 6.45) is 6.60. The molecule has 3 heterocycles. The van der Waals surface area contributed by atoms with E-state index in [0.717, 1.165) is 5.56 Å². The summed E-state index contributed by atoms with van der Waals surface area (Å²) in [7, 11) is 3.24. The van der Waals surface area contributed by atoms with E-state index >= 15 is 0 Å². The molecule has 0 aromatic carbocycles. The van der Waals surface area contributed by atoms with Crippen LogP contribution in [0.3, 0.4) is 0 Å². The third kappa shape index (κ3) is 9.23. The first-order chi connectivity index (χ1) is 18.6. The van der Waals surface area contributed by atoms with Gasteiger partial charge in [-0.15, -0.1) is 0 Å². The fourth-order valence-corrected chi connectivity index (χ4v) is 3.16. The van der Waals surface area contributed by atoms with Crippen LogP contribution in [0, 0.1) is 0 Å². The maximum absolute atomic E-state index is 13.0. The predicted octanol–water partition coefficient (Wildman–Crippen LogP) is 1.99. The van der Waals surface area contributed by atoms with Gasteiger partial charge in [-0.2, -0.15) is 5.10 Å². The van der Waals surface area contributed by atoms with E-state index in [4.69, 9.17) is 29.1 Å². The Labute approximate surface area is 221 Å². The molecule has 0 aliphatic rings. The molecule has 0 unspecified atom stereocenters. The van der Waals surface area contributed by atoms with Crippen LogP contribution in [0.25, 0.3) is 17.0 Å². The number of nitrogens with one attached hydrogen (secondary N) is 1. The van der Waals surface area contributed by atoms with E-state index in [0.29, 0.717) is 69.9 Å². The molecule has 38 heavy (non-hydrogen) atoms. The number of hydrogen-bond acceptors (Lipinski definition) is 10. The Morgan fingerprint density at radius 2 is 1.87 bits per heavy atom. The number of ether oxygens (including phenoxy) is 4. The van der Waals surface area contributed by atoms with Crippen LogP contribution in [0.1, 0.15) is 16.2 Å². The standard InChI is InChI=1S/C26H34N6O6/c1-34-13-15-36-11-9-28-18-22(25(27)21-5-3-4-8-29-21)31-26(33)24-7-6-23(38-24)20-17-30-32(19-20)10-12-37-16-14-35-2/h3-8,17-19H,9-16,27H2,1-2H3,(H,31,33). The Kier molecular flexibility index (Phi) is 12.2. The molecule has 0 aliphatic heterocycles. The van der Waals surface area contributed by atoms with Gasteiger partial charge in [0.25, 0.3) is 5.91 Å². The largest absolute Gasteiger partial charge is 0.451 e. The zero-order valence-corrected chi connectivity index (χ0v) is 21.7. The molecular weight excluding hydrogens is 492 g/mol. The Morgan fingerprint density at radius 1 is 1.08 bits per heavy atom. The van der Waals surface area contributed by atoms with Crippen molar-refractivity contribution in [2.24, 2.45) is 10.7 Å². The number of carbonyl (C=O) groups is 1. The molecule has 204 valence electrons. The molecule has 0 radical (unpaired) electrons. The number of aliphatic imine (C=N–C) groups is 1. The van der Waals surface area contributed by atoms with E-state index in [1.807, 2.05) is 6.20 Å². The molecule has 0 saturated heterocycles. The van der Waals surface area contributed by atoms with Crippen LogP contribution in [-0.2, 0) is 25.5 Å². The van der Waals surface area contributed by atoms with Crippen LogP contribution in [0.5, 0.6) is 0 Å². The fraction of sp³-hybridized carbons (Fsp3) is 0.385. The molecule has 0 saturated carbocycles. The highest BCUT2D eigenvalue weighted by atomic mass is 16.5. The van der Waals surface area contributed by atoms with Crippen LogP contribution in [0.2, 0.25) is 0 Å². The van der Waals surface area contributed by atoms with Crippen LogP contribution >= 0.6 is 0 Å². The first-order valence-corrected chi connectivity index (χ1v) is 12.1. The zero-order chi connectivity index (χ0) is 27.0. The van der Waals surface area contributed by atoms with Gasteiger partial charge >= 0.3 is 0 Å². The number of nitrogens with two attached hydrogens (primary N) is 1. The Morgan fingerprint density at radius 3 is 2.61 bits per heavy atom. The first-order valence-electron chi connectivity index (χ1n) is 12.1. The normalized spacial score (nSPS) is 12.2. The third-order valence-corrected chi connectivity index (χ3v) is 5.14. The van der Waals surface area contributed by atoms with Gasteiger partial charge in [-0.3, -0.25) is 19.5 Å². The van der Waals surface area contributed by atoms with Crippen molar-refractivity contribution < 1.29 is 28.2 Å². The lowest BCUT2D eigenvalue weighted by Gasteiger charge is -2.09. The van der Waals surface area contributed by atoms with Crippen LogP contribution in [0.4, 0.5) is 0 Å². The van der Waals surface area contributed by atoms with Gasteiger partial charge in [0.05, 0.1) is 81.6 Å². The molecule has 12 nitrogen and oxygen atoms in total. The minimum atomic E-state index is -0.480. The smallest absolute Gasteiger partial charge is 0.291 e. The van der Waals surface area contributed by atoms with Gasteiger partial charge in [0, 0.05) is 32.8 Å². The molecule has 3 rings (SSSR count). The highest BCUT2D eigenvalue weighted by molar-refractivity contribution is 6.00. The number of carbonyl (C=O) groups excluding carboxylic acids is 1.